The van der Waals surface area contributed by atoms with E-state index in [1.807, 2.05) is 138 Å². The van der Waals surface area contributed by atoms with Gasteiger partial charge in [-0.05, 0) is 182 Å². The van der Waals surface area contributed by atoms with Crippen molar-refractivity contribution in [2.75, 3.05) is 0 Å². The zero-order valence-corrected chi connectivity index (χ0v) is 48.5. The van der Waals surface area contributed by atoms with E-state index in [-0.39, 0.29) is 18.1 Å². The monoisotopic (exact) mass is 1260 g/mol. The summed E-state index contributed by atoms with van der Waals surface area (Å²) in [6, 6.07) is 32.9. The first-order valence-electron chi connectivity index (χ1n) is 24.8. The lowest BCUT2D eigenvalue weighted by molar-refractivity contribution is 0.393. The van der Waals surface area contributed by atoms with E-state index in [1.165, 1.54) is 0 Å². The van der Waals surface area contributed by atoms with Crippen LogP contribution in [0.2, 0.25) is 0 Å². The Bertz CT molecular complexity index is 4070. The maximum Gasteiger partial charge on any atom is 0.141 e. The number of nitrogens with zero attached hydrogens (tertiary/aromatic N) is 12. The van der Waals surface area contributed by atoms with Gasteiger partial charge in [0.2, 0.25) is 0 Å². The standard InChI is InChI=1S/C19H17IN4O.C19H18N4O.C14H12BrN3.C7H5BrN2/c1-11-18(13(3)25-23-11)14-8-15-16(20)10-24(19(15)22-9-14)12(2)17-6-4-5-7-21-17;1-12-18(14(3)24-22-12)16-10-15-7-9-23(19(15)21-11-16)13(2)17-6-4-5-8-20-17;1-10(13-4-2-3-6-16-13)18-7-5-11-8-12(15)9-17-14(11)18;8-6-3-5-1-2-9-7(5)10-4-6/h4-10,12H,1-3H3;4-11,13H,1-3H3;2-10H,1H3;1-4H,(H,9,10)/t12-;13-;10-;/m000./s1. The molecule has 0 bridgehead atoms. The van der Waals surface area contributed by atoms with Crippen molar-refractivity contribution in [2.45, 2.75) is 66.6 Å². The SMILES string of the molecule is Brc1cnc2[nH]ccc2c1.C[C@@H](c1ccccn1)n1ccc2cc(Br)cnc21.Cc1noc(C)c1-c1cnc2c(c1)c(I)cn2[C@@H](C)c1ccccn1.Cc1noc(C)c1-c1cnc2c(ccn2[C@@H](C)c2ccccn2)c1. The second kappa shape index (κ2) is 23.3. The molecule has 0 saturated carbocycles. The predicted molar refractivity (Wildman–Crippen MR) is 318 cm³/mol. The minimum Gasteiger partial charge on any atom is -0.361 e. The van der Waals surface area contributed by atoms with Crippen molar-refractivity contribution in [3.05, 3.63) is 218 Å². The molecule has 1 N–H and O–H groups in total. The molecule has 3 atom stereocenters. The molecule has 0 fully saturated rings. The van der Waals surface area contributed by atoms with Gasteiger partial charge in [-0.15, -0.1) is 0 Å². The van der Waals surface area contributed by atoms with E-state index in [0.717, 1.165) is 119 Å². The Hall–Kier alpha value is -7.68. The normalized spacial score (nSPS) is 12.4. The third kappa shape index (κ3) is 11.4. The molecule has 13 heterocycles. The molecule has 0 saturated heterocycles. The van der Waals surface area contributed by atoms with E-state index in [4.69, 9.17) is 19.0 Å². The molecule has 15 nitrogen and oxygen atoms in total. The average Bonchev–Trinajstić information content (AvgIpc) is 4.41. The third-order valence-electron chi connectivity index (χ3n) is 13.3. The fourth-order valence-electron chi connectivity index (χ4n) is 9.35. The minimum absolute atomic E-state index is 0.115. The molecule has 77 heavy (non-hydrogen) atoms. The van der Waals surface area contributed by atoms with Crippen molar-refractivity contribution in [3.8, 4) is 22.3 Å². The van der Waals surface area contributed by atoms with E-state index in [1.54, 1.807) is 6.20 Å². The first kappa shape index (κ1) is 52.7. The van der Waals surface area contributed by atoms with E-state index >= 15 is 0 Å². The lowest BCUT2D eigenvalue weighted by Gasteiger charge is -2.14. The number of fused-ring (bicyclic) bond motifs is 4. The highest BCUT2D eigenvalue weighted by atomic mass is 127. The van der Waals surface area contributed by atoms with Gasteiger partial charge in [0.25, 0.3) is 0 Å². The molecule has 18 heteroatoms. The summed E-state index contributed by atoms with van der Waals surface area (Å²) in [5, 5.41) is 12.6. The van der Waals surface area contributed by atoms with Crippen LogP contribution in [0, 0.1) is 31.3 Å². The fourth-order valence-corrected chi connectivity index (χ4v) is 10.7. The summed E-state index contributed by atoms with van der Waals surface area (Å²) in [4.78, 5) is 34.4. The first-order valence-corrected chi connectivity index (χ1v) is 27.4. The van der Waals surface area contributed by atoms with Crippen LogP contribution in [-0.4, -0.2) is 63.9 Å². The summed E-state index contributed by atoms with van der Waals surface area (Å²) < 4.78 is 20.2. The number of aromatic amines is 1. The Morgan fingerprint density at radius 2 is 0.974 bits per heavy atom. The number of hydrogen-bond donors (Lipinski definition) is 1. The summed E-state index contributed by atoms with van der Waals surface area (Å²) in [5.74, 6) is 1.63. The second-order valence-corrected chi connectivity index (χ2v) is 21.4. The van der Waals surface area contributed by atoms with Crippen LogP contribution in [0.15, 0.2) is 183 Å². The van der Waals surface area contributed by atoms with Crippen LogP contribution >= 0.6 is 54.5 Å². The van der Waals surface area contributed by atoms with E-state index in [2.05, 4.69) is 178 Å². The van der Waals surface area contributed by atoms with Crippen molar-refractivity contribution >= 4 is 98.6 Å². The van der Waals surface area contributed by atoms with Gasteiger partial charge in [-0.2, -0.15) is 0 Å². The molecule has 13 aromatic heterocycles. The first-order chi connectivity index (χ1) is 37.3. The highest BCUT2D eigenvalue weighted by Crippen LogP contribution is 2.34. The highest BCUT2D eigenvalue weighted by molar-refractivity contribution is 14.1. The van der Waals surface area contributed by atoms with Crippen LogP contribution in [0.4, 0.5) is 0 Å². The average molecular weight is 1260 g/mol. The number of rotatable bonds is 8. The zero-order chi connectivity index (χ0) is 53.7. The summed E-state index contributed by atoms with van der Waals surface area (Å²) in [6.45, 7) is 14.2. The van der Waals surface area contributed by atoms with E-state index in [9.17, 15) is 0 Å². The molecule has 0 aromatic carbocycles. The number of aryl methyl sites for hydroxylation is 4. The van der Waals surface area contributed by atoms with E-state index < -0.39 is 0 Å². The van der Waals surface area contributed by atoms with Gasteiger partial charge in [-0.3, -0.25) is 15.0 Å². The Balaban J connectivity index is 0.000000121. The Morgan fingerprint density at radius 1 is 0.506 bits per heavy atom. The predicted octanol–water partition coefficient (Wildman–Crippen LogP) is 15.4. The lowest BCUT2D eigenvalue weighted by Crippen LogP contribution is -2.07. The molecule has 0 spiro atoms. The van der Waals surface area contributed by atoms with Crippen molar-refractivity contribution < 1.29 is 9.05 Å². The van der Waals surface area contributed by atoms with Gasteiger partial charge in [-0.1, -0.05) is 28.5 Å². The third-order valence-corrected chi connectivity index (χ3v) is 15.0. The van der Waals surface area contributed by atoms with Crippen LogP contribution < -0.4 is 0 Å². The maximum atomic E-state index is 5.30. The van der Waals surface area contributed by atoms with Gasteiger partial charge >= 0.3 is 0 Å². The van der Waals surface area contributed by atoms with Crippen molar-refractivity contribution in [2.24, 2.45) is 0 Å². The highest BCUT2D eigenvalue weighted by Gasteiger charge is 2.20. The number of pyridine rings is 7. The summed E-state index contributed by atoms with van der Waals surface area (Å²) in [5.41, 5.74) is 12.8. The van der Waals surface area contributed by atoms with Gasteiger partial charge in [-0.25, -0.2) is 19.9 Å². The Morgan fingerprint density at radius 3 is 1.48 bits per heavy atom. The summed E-state index contributed by atoms with van der Waals surface area (Å²) in [7, 11) is 0. The lowest BCUT2D eigenvalue weighted by atomic mass is 10.1. The molecule has 0 aliphatic carbocycles. The van der Waals surface area contributed by atoms with Crippen LogP contribution in [-0.2, 0) is 0 Å². The van der Waals surface area contributed by atoms with E-state index in [0.29, 0.717) is 0 Å². The van der Waals surface area contributed by atoms with Gasteiger partial charge < -0.3 is 27.7 Å². The summed E-state index contributed by atoms with van der Waals surface area (Å²) >= 11 is 9.14. The van der Waals surface area contributed by atoms with Crippen LogP contribution in [0.3, 0.4) is 0 Å². The number of nitrogens with one attached hydrogen (secondary N) is 1. The molecule has 0 unspecified atom stereocenters. The molecule has 0 aliphatic heterocycles. The van der Waals surface area contributed by atoms with Crippen LogP contribution in [0.25, 0.3) is 66.4 Å². The molecule has 386 valence electrons. The number of halogens is 3. The van der Waals surface area contributed by atoms with Gasteiger partial charge in [0.15, 0.2) is 0 Å². The number of aromatic nitrogens is 13. The zero-order valence-electron chi connectivity index (χ0n) is 43.1. The molecular formula is C59H52Br2IN13O2. The molecule has 0 radical (unpaired) electrons. The molecule has 13 rings (SSSR count). The molecule has 0 amide bonds. The topological polar surface area (TPSA) is 173 Å². The quantitative estimate of drug-likeness (QED) is 0.143. The van der Waals surface area contributed by atoms with Crippen LogP contribution in [0.5, 0.6) is 0 Å². The fraction of sp³-hybridized carbons (Fsp3) is 0.169. The smallest absolute Gasteiger partial charge is 0.141 e. The molecular weight excluding hydrogens is 1210 g/mol. The second-order valence-electron chi connectivity index (χ2n) is 18.4. The Labute approximate surface area is 474 Å². The summed E-state index contributed by atoms with van der Waals surface area (Å²) in [6.07, 6.45) is 21.0. The minimum atomic E-state index is 0.115. The molecule has 13 aromatic rings. The number of H-pyrrole nitrogens is 1. The van der Waals surface area contributed by atoms with Gasteiger partial charge in [0, 0.05) is 124 Å². The van der Waals surface area contributed by atoms with Crippen molar-refractivity contribution in [1.29, 1.82) is 0 Å². The van der Waals surface area contributed by atoms with Crippen molar-refractivity contribution in [1.82, 2.24) is 63.9 Å². The van der Waals surface area contributed by atoms with Gasteiger partial charge in [0.05, 0.1) is 46.6 Å². The van der Waals surface area contributed by atoms with Gasteiger partial charge in [0.1, 0.15) is 34.1 Å². The molecule has 0 aliphatic rings. The largest absolute Gasteiger partial charge is 0.361 e. The maximum absolute atomic E-state index is 5.30. The van der Waals surface area contributed by atoms with Crippen molar-refractivity contribution in [3.63, 3.8) is 0 Å². The van der Waals surface area contributed by atoms with Crippen LogP contribution in [0.1, 0.15) is 78.9 Å². The Kier molecular flexibility index (Phi) is 15.9. The number of hydrogen-bond acceptors (Lipinski definition) is 11.